The van der Waals surface area contributed by atoms with Crippen LogP contribution in [0.2, 0.25) is 0 Å². The lowest BCUT2D eigenvalue weighted by molar-refractivity contribution is -0.122. The van der Waals surface area contributed by atoms with E-state index in [1.54, 1.807) is 24.3 Å². The van der Waals surface area contributed by atoms with Crippen LogP contribution in [-0.4, -0.2) is 17.7 Å². The maximum atomic E-state index is 14.0. The van der Waals surface area contributed by atoms with Crippen molar-refractivity contribution in [3.8, 4) is 0 Å². The Morgan fingerprint density at radius 3 is 1.76 bits per heavy atom. The molecule has 0 radical (unpaired) electrons. The molecule has 2 bridgehead atoms. The second kappa shape index (κ2) is 8.25. The summed E-state index contributed by atoms with van der Waals surface area (Å²) in [6.07, 6.45) is 0. The maximum absolute atomic E-state index is 14.0. The highest BCUT2D eigenvalue weighted by atomic mass is 16.2. The van der Waals surface area contributed by atoms with Crippen LogP contribution in [0.5, 0.6) is 0 Å². The number of hydrogen-bond donors (Lipinski definition) is 1. The highest BCUT2D eigenvalue weighted by Gasteiger charge is 2.61. The van der Waals surface area contributed by atoms with Crippen molar-refractivity contribution >= 4 is 29.1 Å². The monoisotopic (exact) mass is 498 g/mol. The summed E-state index contributed by atoms with van der Waals surface area (Å²) in [6, 6.07) is 29.0. The van der Waals surface area contributed by atoms with Gasteiger partial charge in [0.05, 0.1) is 17.5 Å². The Morgan fingerprint density at radius 2 is 1.21 bits per heavy atom. The van der Waals surface area contributed by atoms with E-state index >= 15 is 0 Å². The van der Waals surface area contributed by atoms with Gasteiger partial charge in [0.1, 0.15) is 0 Å². The number of imide groups is 1. The van der Waals surface area contributed by atoms with E-state index < -0.39 is 11.8 Å². The first-order valence-corrected chi connectivity index (χ1v) is 13.0. The first kappa shape index (κ1) is 22.7. The molecule has 0 aromatic heterocycles. The minimum absolute atomic E-state index is 0.158. The van der Waals surface area contributed by atoms with Crippen molar-refractivity contribution in [2.75, 3.05) is 10.2 Å². The standard InChI is InChI=1S/C33H26N2O3/c1-18-9-7-16-26(19(18)2)34-31(36)20-10-8-11-21(17-20)35-32(37)29-27-22-12-3-4-13-23(22)28(30(29)33(35)38)25-15-6-5-14-24(25)27/h3-17,27-30H,1-2H3,(H,34,36)/t27?,28?,29-,30+. The van der Waals surface area contributed by atoms with E-state index in [2.05, 4.69) is 29.6 Å². The number of benzene rings is 4. The van der Waals surface area contributed by atoms with Gasteiger partial charge in [-0.15, -0.1) is 0 Å². The molecule has 186 valence electrons. The summed E-state index contributed by atoms with van der Waals surface area (Å²) >= 11 is 0. The Hall–Kier alpha value is -4.51. The van der Waals surface area contributed by atoms with Crippen LogP contribution in [-0.2, 0) is 9.59 Å². The third kappa shape index (κ3) is 3.08. The number of aryl methyl sites for hydroxylation is 1. The number of carbonyl (C=O) groups excluding carboxylic acids is 3. The van der Waals surface area contributed by atoms with Crippen LogP contribution in [0.1, 0.15) is 55.6 Å². The summed E-state index contributed by atoms with van der Waals surface area (Å²) in [4.78, 5) is 42.5. The largest absolute Gasteiger partial charge is 0.322 e. The van der Waals surface area contributed by atoms with Gasteiger partial charge in [0.2, 0.25) is 11.8 Å². The Balaban J connectivity index is 1.26. The third-order valence-corrected chi connectivity index (χ3v) is 8.67. The molecule has 4 aliphatic rings. The lowest BCUT2D eigenvalue weighted by atomic mass is 9.55. The molecule has 8 rings (SSSR count). The van der Waals surface area contributed by atoms with Gasteiger partial charge < -0.3 is 5.32 Å². The molecule has 1 heterocycles. The van der Waals surface area contributed by atoms with Crippen LogP contribution in [0.4, 0.5) is 11.4 Å². The Morgan fingerprint density at radius 1 is 0.684 bits per heavy atom. The smallest absolute Gasteiger partial charge is 0.255 e. The summed E-state index contributed by atoms with van der Waals surface area (Å²) in [5.74, 6) is -1.88. The SMILES string of the molecule is Cc1cccc(NC(=O)c2cccc(N3C(=O)[C@@H]4C5c6ccccc6C(c6ccccc65)[C@@H]4C3=O)c2)c1C. The quantitative estimate of drug-likeness (QED) is 0.355. The van der Waals surface area contributed by atoms with Gasteiger partial charge in [-0.1, -0.05) is 66.7 Å². The molecule has 0 saturated carbocycles. The molecular weight excluding hydrogens is 472 g/mol. The number of nitrogens with one attached hydrogen (secondary N) is 1. The molecular formula is C33H26N2O3. The van der Waals surface area contributed by atoms with Crippen molar-refractivity contribution in [3.63, 3.8) is 0 Å². The molecule has 3 aliphatic carbocycles. The average molecular weight is 499 g/mol. The van der Waals surface area contributed by atoms with Crippen LogP contribution in [0, 0.1) is 25.7 Å². The third-order valence-electron chi connectivity index (χ3n) is 8.67. The molecule has 5 heteroatoms. The minimum Gasteiger partial charge on any atom is -0.322 e. The number of nitrogens with zero attached hydrogens (tertiary/aromatic N) is 1. The lowest BCUT2D eigenvalue weighted by Gasteiger charge is -2.45. The fraction of sp³-hybridized carbons (Fsp3) is 0.182. The molecule has 4 aromatic rings. The van der Waals surface area contributed by atoms with Gasteiger partial charge in [-0.3, -0.25) is 14.4 Å². The van der Waals surface area contributed by atoms with Gasteiger partial charge in [0.25, 0.3) is 5.91 Å². The first-order valence-electron chi connectivity index (χ1n) is 13.0. The molecule has 0 spiro atoms. The summed E-state index contributed by atoms with van der Waals surface area (Å²) in [6.45, 7) is 3.97. The van der Waals surface area contributed by atoms with Crippen molar-refractivity contribution < 1.29 is 14.4 Å². The van der Waals surface area contributed by atoms with Crippen molar-refractivity contribution in [1.29, 1.82) is 0 Å². The lowest BCUT2D eigenvalue weighted by Crippen LogP contribution is -2.41. The van der Waals surface area contributed by atoms with E-state index in [0.717, 1.165) is 39.1 Å². The van der Waals surface area contributed by atoms with E-state index in [1.807, 2.05) is 56.3 Å². The van der Waals surface area contributed by atoms with Gasteiger partial charge in [-0.25, -0.2) is 4.90 Å². The Bertz CT molecular complexity index is 1560. The normalized spacial score (nSPS) is 22.6. The van der Waals surface area contributed by atoms with Crippen molar-refractivity contribution in [1.82, 2.24) is 0 Å². The molecule has 1 fully saturated rings. The first-order chi connectivity index (χ1) is 18.5. The van der Waals surface area contributed by atoms with Gasteiger partial charge in [-0.05, 0) is 71.5 Å². The van der Waals surface area contributed by atoms with Gasteiger partial charge in [-0.2, -0.15) is 0 Å². The zero-order valence-electron chi connectivity index (χ0n) is 21.1. The van der Waals surface area contributed by atoms with Gasteiger partial charge >= 0.3 is 0 Å². The number of anilines is 2. The van der Waals surface area contributed by atoms with E-state index in [9.17, 15) is 14.4 Å². The van der Waals surface area contributed by atoms with Crippen LogP contribution in [0.3, 0.4) is 0 Å². The average Bonchev–Trinajstić information content (AvgIpc) is 3.21. The second-order valence-electron chi connectivity index (χ2n) is 10.5. The molecule has 1 saturated heterocycles. The Labute approximate surface area is 221 Å². The van der Waals surface area contributed by atoms with E-state index in [-0.39, 0.29) is 29.6 Å². The van der Waals surface area contributed by atoms with Crippen molar-refractivity contribution in [2.45, 2.75) is 25.7 Å². The van der Waals surface area contributed by atoms with Crippen LogP contribution < -0.4 is 10.2 Å². The summed E-state index contributed by atoms with van der Waals surface area (Å²) < 4.78 is 0. The molecule has 1 N–H and O–H groups in total. The zero-order valence-corrected chi connectivity index (χ0v) is 21.1. The van der Waals surface area contributed by atoms with Crippen LogP contribution in [0.15, 0.2) is 91.0 Å². The van der Waals surface area contributed by atoms with Crippen LogP contribution >= 0.6 is 0 Å². The van der Waals surface area contributed by atoms with Crippen molar-refractivity contribution in [3.05, 3.63) is 130 Å². The summed E-state index contributed by atoms with van der Waals surface area (Å²) in [7, 11) is 0. The molecule has 3 amide bonds. The van der Waals surface area contributed by atoms with Crippen LogP contribution in [0.25, 0.3) is 0 Å². The predicted molar refractivity (Wildman–Crippen MR) is 146 cm³/mol. The maximum Gasteiger partial charge on any atom is 0.255 e. The summed E-state index contributed by atoms with van der Waals surface area (Å²) in [5.41, 5.74) is 8.23. The highest BCUT2D eigenvalue weighted by molar-refractivity contribution is 6.23. The molecule has 4 aromatic carbocycles. The van der Waals surface area contributed by atoms with Crippen molar-refractivity contribution in [2.24, 2.45) is 11.8 Å². The number of hydrogen-bond acceptors (Lipinski definition) is 3. The van der Waals surface area contributed by atoms with E-state index in [1.165, 1.54) is 4.90 Å². The summed E-state index contributed by atoms with van der Waals surface area (Å²) in [5, 5.41) is 2.98. The molecule has 2 atom stereocenters. The topological polar surface area (TPSA) is 66.5 Å². The predicted octanol–water partition coefficient (Wildman–Crippen LogP) is 5.95. The van der Waals surface area contributed by atoms with E-state index in [4.69, 9.17) is 0 Å². The fourth-order valence-electron chi connectivity index (χ4n) is 6.80. The van der Waals surface area contributed by atoms with Gasteiger partial charge in [0, 0.05) is 23.1 Å². The number of amides is 3. The zero-order chi connectivity index (χ0) is 26.1. The second-order valence-corrected chi connectivity index (χ2v) is 10.5. The Kier molecular flexibility index (Phi) is 4.92. The number of carbonyl (C=O) groups is 3. The molecule has 1 aliphatic heterocycles. The highest BCUT2D eigenvalue weighted by Crippen LogP contribution is 2.61. The minimum atomic E-state index is -0.454. The fourth-order valence-corrected chi connectivity index (χ4v) is 6.80. The molecule has 5 nitrogen and oxygen atoms in total. The molecule has 38 heavy (non-hydrogen) atoms. The van der Waals surface area contributed by atoms with Gasteiger partial charge in [0.15, 0.2) is 0 Å². The molecule has 0 unspecified atom stereocenters. The van der Waals surface area contributed by atoms with E-state index in [0.29, 0.717) is 11.3 Å². The number of rotatable bonds is 3.